The van der Waals surface area contributed by atoms with E-state index < -0.39 is 0 Å². The van der Waals surface area contributed by atoms with Gasteiger partial charge in [0.2, 0.25) is 5.78 Å². The first-order valence-electron chi connectivity index (χ1n) is 8.16. The SMILES string of the molecule is O=C(NCc1ccc(C(=O)c2ccsc2)s1)c1cc(-c2ccccc2)on1. The number of nitrogens with one attached hydrogen (secondary N) is 1. The van der Waals surface area contributed by atoms with Crippen LogP contribution in [0.3, 0.4) is 0 Å². The highest BCUT2D eigenvalue weighted by Crippen LogP contribution is 2.22. The maximum atomic E-state index is 12.3. The van der Waals surface area contributed by atoms with Crippen LogP contribution in [0, 0.1) is 0 Å². The van der Waals surface area contributed by atoms with Gasteiger partial charge in [-0.1, -0.05) is 35.5 Å². The first kappa shape index (κ1) is 17.4. The molecular weight excluding hydrogens is 380 g/mol. The molecule has 1 aromatic carbocycles. The molecule has 27 heavy (non-hydrogen) atoms. The van der Waals surface area contributed by atoms with Crippen LogP contribution in [0.2, 0.25) is 0 Å². The summed E-state index contributed by atoms with van der Waals surface area (Å²) in [5, 5.41) is 10.4. The van der Waals surface area contributed by atoms with E-state index in [2.05, 4.69) is 10.5 Å². The lowest BCUT2D eigenvalue weighted by Gasteiger charge is -1.99. The second kappa shape index (κ2) is 7.69. The lowest BCUT2D eigenvalue weighted by Crippen LogP contribution is -2.22. The molecule has 134 valence electrons. The third-order valence-corrected chi connectivity index (χ3v) is 5.66. The second-order valence-corrected chi connectivity index (χ2v) is 7.68. The Kier molecular flexibility index (Phi) is 4.95. The van der Waals surface area contributed by atoms with Crippen molar-refractivity contribution in [2.24, 2.45) is 0 Å². The van der Waals surface area contributed by atoms with E-state index in [0.29, 0.717) is 22.7 Å². The van der Waals surface area contributed by atoms with E-state index in [1.807, 2.05) is 53.2 Å². The molecule has 0 fully saturated rings. The average molecular weight is 394 g/mol. The molecule has 0 unspecified atom stereocenters. The molecule has 3 heterocycles. The number of hydrogen-bond acceptors (Lipinski definition) is 6. The highest BCUT2D eigenvalue weighted by molar-refractivity contribution is 7.14. The van der Waals surface area contributed by atoms with Crippen LogP contribution in [0.15, 0.2) is 69.9 Å². The molecule has 0 saturated heterocycles. The minimum Gasteiger partial charge on any atom is -0.355 e. The van der Waals surface area contributed by atoms with Crippen LogP contribution in [0.5, 0.6) is 0 Å². The number of ketones is 1. The van der Waals surface area contributed by atoms with Crippen LogP contribution in [-0.2, 0) is 6.54 Å². The molecule has 0 aliphatic heterocycles. The monoisotopic (exact) mass is 394 g/mol. The van der Waals surface area contributed by atoms with E-state index in [4.69, 9.17) is 4.52 Å². The molecular formula is C20H14N2O3S2. The average Bonchev–Trinajstić information content (AvgIpc) is 3.48. The Hall–Kier alpha value is -3.03. The van der Waals surface area contributed by atoms with Gasteiger partial charge in [0.1, 0.15) is 0 Å². The van der Waals surface area contributed by atoms with Crippen molar-refractivity contribution < 1.29 is 14.1 Å². The quantitative estimate of drug-likeness (QED) is 0.484. The lowest BCUT2D eigenvalue weighted by molar-refractivity contribution is 0.0941. The van der Waals surface area contributed by atoms with Crippen molar-refractivity contribution in [3.8, 4) is 11.3 Å². The summed E-state index contributed by atoms with van der Waals surface area (Å²) >= 11 is 2.87. The first-order valence-corrected chi connectivity index (χ1v) is 9.92. The molecule has 4 rings (SSSR count). The minimum atomic E-state index is -0.319. The van der Waals surface area contributed by atoms with Crippen molar-refractivity contribution in [3.05, 3.63) is 86.4 Å². The van der Waals surface area contributed by atoms with Gasteiger partial charge < -0.3 is 9.84 Å². The van der Waals surface area contributed by atoms with E-state index >= 15 is 0 Å². The van der Waals surface area contributed by atoms with Gasteiger partial charge in [0.05, 0.1) is 11.4 Å². The third kappa shape index (κ3) is 3.89. The summed E-state index contributed by atoms with van der Waals surface area (Å²) in [7, 11) is 0. The van der Waals surface area contributed by atoms with Crippen molar-refractivity contribution in [2.45, 2.75) is 6.54 Å². The summed E-state index contributed by atoms with van der Waals surface area (Å²) in [6.07, 6.45) is 0. The fraction of sp³-hybridized carbons (Fsp3) is 0.0500. The number of carbonyl (C=O) groups is 2. The van der Waals surface area contributed by atoms with E-state index in [-0.39, 0.29) is 17.4 Å². The molecule has 0 bridgehead atoms. The number of thiophene rings is 2. The highest BCUT2D eigenvalue weighted by atomic mass is 32.1. The van der Waals surface area contributed by atoms with Gasteiger partial charge in [-0.2, -0.15) is 11.3 Å². The molecule has 0 spiro atoms. The summed E-state index contributed by atoms with van der Waals surface area (Å²) < 4.78 is 5.25. The van der Waals surface area contributed by atoms with Crippen LogP contribution >= 0.6 is 22.7 Å². The Morgan fingerprint density at radius 3 is 2.70 bits per heavy atom. The molecule has 0 atom stereocenters. The normalized spacial score (nSPS) is 10.7. The number of aromatic nitrogens is 1. The Morgan fingerprint density at radius 1 is 1.07 bits per heavy atom. The molecule has 1 N–H and O–H groups in total. The van der Waals surface area contributed by atoms with Crippen LogP contribution in [-0.4, -0.2) is 16.8 Å². The zero-order chi connectivity index (χ0) is 18.6. The summed E-state index contributed by atoms with van der Waals surface area (Å²) in [4.78, 5) is 26.2. The number of hydrogen-bond donors (Lipinski definition) is 1. The molecule has 5 nitrogen and oxygen atoms in total. The van der Waals surface area contributed by atoms with E-state index in [0.717, 1.165) is 10.4 Å². The van der Waals surface area contributed by atoms with Crippen molar-refractivity contribution in [1.29, 1.82) is 0 Å². The van der Waals surface area contributed by atoms with Gasteiger partial charge in [0.15, 0.2) is 11.5 Å². The second-order valence-electron chi connectivity index (χ2n) is 5.73. The molecule has 3 aromatic heterocycles. The minimum absolute atomic E-state index is 0.00262. The predicted molar refractivity (Wildman–Crippen MR) is 105 cm³/mol. The molecule has 7 heteroatoms. The van der Waals surface area contributed by atoms with Crippen LogP contribution in [0.25, 0.3) is 11.3 Å². The van der Waals surface area contributed by atoms with Gasteiger partial charge >= 0.3 is 0 Å². The zero-order valence-electron chi connectivity index (χ0n) is 14.0. The van der Waals surface area contributed by atoms with E-state index in [9.17, 15) is 9.59 Å². The summed E-state index contributed by atoms with van der Waals surface area (Å²) in [5.41, 5.74) is 1.77. The van der Waals surface area contributed by atoms with Crippen molar-refractivity contribution in [1.82, 2.24) is 10.5 Å². The van der Waals surface area contributed by atoms with E-state index in [1.54, 1.807) is 12.1 Å². The van der Waals surface area contributed by atoms with Gasteiger partial charge in [-0.15, -0.1) is 11.3 Å². The Morgan fingerprint density at radius 2 is 1.93 bits per heavy atom. The fourth-order valence-corrected chi connectivity index (χ4v) is 4.06. The third-order valence-electron chi connectivity index (χ3n) is 3.89. The number of carbonyl (C=O) groups excluding carboxylic acids is 2. The Balaban J connectivity index is 1.39. The van der Waals surface area contributed by atoms with Gasteiger partial charge in [0, 0.05) is 27.5 Å². The number of rotatable bonds is 6. The maximum Gasteiger partial charge on any atom is 0.273 e. The van der Waals surface area contributed by atoms with E-state index in [1.165, 1.54) is 22.7 Å². The lowest BCUT2D eigenvalue weighted by atomic mass is 10.1. The fourth-order valence-electron chi connectivity index (χ4n) is 2.51. The zero-order valence-corrected chi connectivity index (χ0v) is 15.7. The van der Waals surface area contributed by atoms with Gasteiger partial charge in [-0.05, 0) is 23.6 Å². The largest absolute Gasteiger partial charge is 0.355 e. The molecule has 4 aromatic rings. The Bertz CT molecular complexity index is 1070. The number of nitrogens with zero attached hydrogens (tertiary/aromatic N) is 1. The summed E-state index contributed by atoms with van der Waals surface area (Å²) in [6, 6.07) is 16.5. The van der Waals surface area contributed by atoms with Crippen LogP contribution in [0.1, 0.15) is 30.6 Å². The van der Waals surface area contributed by atoms with Crippen LogP contribution < -0.4 is 5.32 Å². The summed E-state index contributed by atoms with van der Waals surface area (Å²) in [5.74, 6) is 0.225. The standard InChI is InChI=1S/C20H14N2O3S2/c23-19(14-8-9-26-12-14)18-7-6-15(27-18)11-21-20(24)16-10-17(25-22-16)13-4-2-1-3-5-13/h1-10,12H,11H2,(H,21,24). The molecule has 0 aliphatic rings. The van der Waals surface area contributed by atoms with Gasteiger partial charge in [0.25, 0.3) is 5.91 Å². The topological polar surface area (TPSA) is 72.2 Å². The van der Waals surface area contributed by atoms with Crippen molar-refractivity contribution >= 4 is 34.4 Å². The smallest absolute Gasteiger partial charge is 0.273 e. The van der Waals surface area contributed by atoms with Crippen LogP contribution in [0.4, 0.5) is 0 Å². The van der Waals surface area contributed by atoms with Crippen molar-refractivity contribution in [3.63, 3.8) is 0 Å². The molecule has 0 aliphatic carbocycles. The predicted octanol–water partition coefficient (Wildman–Crippen LogP) is 4.63. The van der Waals surface area contributed by atoms with Gasteiger partial charge in [-0.3, -0.25) is 9.59 Å². The summed E-state index contributed by atoms with van der Waals surface area (Å²) in [6.45, 7) is 0.327. The number of amides is 1. The Labute approximate surface area is 163 Å². The maximum absolute atomic E-state index is 12.3. The molecule has 1 amide bonds. The first-order chi connectivity index (χ1) is 13.2. The van der Waals surface area contributed by atoms with Gasteiger partial charge in [-0.25, -0.2) is 0 Å². The molecule has 0 radical (unpaired) electrons. The number of benzene rings is 1. The highest BCUT2D eigenvalue weighted by Gasteiger charge is 2.15. The molecule has 0 saturated carbocycles. The van der Waals surface area contributed by atoms with Crippen molar-refractivity contribution in [2.75, 3.05) is 0 Å².